The van der Waals surface area contributed by atoms with Crippen LogP contribution in [0, 0.1) is 34.5 Å². The van der Waals surface area contributed by atoms with Gasteiger partial charge in [0.1, 0.15) is 17.5 Å². The zero-order valence-corrected chi connectivity index (χ0v) is 23.7. The van der Waals surface area contributed by atoms with Gasteiger partial charge in [0.05, 0.1) is 36.1 Å². The molecule has 14 atom stereocenters. The fraction of sp³-hybridized carbons (Fsp3) is 0.867. The largest absolute Gasteiger partial charge is 0.458 e. The molecule has 11 heteroatoms. The van der Waals surface area contributed by atoms with E-state index in [-0.39, 0.29) is 56.1 Å². The van der Waals surface area contributed by atoms with Crippen molar-refractivity contribution >= 4 is 23.5 Å². The number of aliphatic hydroxyl groups is 1. The van der Waals surface area contributed by atoms with E-state index in [9.17, 15) is 19.5 Å². The molecule has 9 aliphatic rings. The predicted molar refractivity (Wildman–Crippen MR) is 133 cm³/mol. The van der Waals surface area contributed by atoms with Crippen molar-refractivity contribution in [2.45, 2.75) is 113 Å². The molecule has 5 bridgehead atoms. The summed E-state index contributed by atoms with van der Waals surface area (Å²) in [7, 11) is 0. The Bertz CT molecular complexity index is 1360. The highest BCUT2D eigenvalue weighted by Crippen LogP contribution is 2.77. The van der Waals surface area contributed by atoms with Crippen LogP contribution in [0.5, 0.6) is 0 Å². The summed E-state index contributed by atoms with van der Waals surface area (Å²) in [4.78, 5) is 56.4. The third-order valence-electron chi connectivity index (χ3n) is 13.6. The molecule has 1 N–H and O–H groups in total. The first-order valence-corrected chi connectivity index (χ1v) is 15.2. The van der Waals surface area contributed by atoms with Crippen molar-refractivity contribution in [3.8, 4) is 0 Å². The fourth-order valence-electron chi connectivity index (χ4n) is 11.7. The van der Waals surface area contributed by atoms with E-state index in [0.717, 1.165) is 0 Å². The maximum Gasteiger partial charge on any atom is 0.342 e. The first kappa shape index (κ1) is 25.6. The quantitative estimate of drug-likeness (QED) is 0.373. The van der Waals surface area contributed by atoms with Crippen molar-refractivity contribution in [3.05, 3.63) is 0 Å². The van der Waals surface area contributed by atoms with Crippen molar-refractivity contribution in [1.82, 2.24) is 0 Å². The fourth-order valence-corrected chi connectivity index (χ4v) is 11.7. The van der Waals surface area contributed by atoms with Gasteiger partial charge in [0.15, 0.2) is 22.6 Å². The molecule has 11 nitrogen and oxygen atoms in total. The van der Waals surface area contributed by atoms with E-state index in [4.69, 9.17) is 28.4 Å². The Hall–Kier alpha value is -1.92. The minimum atomic E-state index is -2.21. The Morgan fingerprint density at radius 2 is 1.83 bits per heavy atom. The molecule has 41 heavy (non-hydrogen) atoms. The maximum atomic E-state index is 15.1. The summed E-state index contributed by atoms with van der Waals surface area (Å²) >= 11 is 0. The average molecular weight is 573 g/mol. The summed E-state index contributed by atoms with van der Waals surface area (Å²) in [6, 6.07) is 0. The molecule has 0 unspecified atom stereocenters. The molecule has 0 aromatic rings. The molecule has 0 amide bonds. The van der Waals surface area contributed by atoms with Crippen LogP contribution < -0.4 is 0 Å². The van der Waals surface area contributed by atoms with Gasteiger partial charge in [-0.15, -0.1) is 0 Å². The SMILES string of the molecule is CCO[C@@H]1CC(=O)[C@]2(C)[C@H]3CC[C@]4(O)C(=O)O[C@@]5(C)[C@H]6C[C@]7(C)[C@@H](CO[C@@]8(O[C@@]54[C@H]7C8=O)[C@@H]3C[C@H]3O[C@]32C1)C(=O)O6. The van der Waals surface area contributed by atoms with E-state index in [1.165, 1.54) is 0 Å². The molecule has 3 saturated carbocycles. The second kappa shape index (κ2) is 6.90. The molecule has 3 spiro atoms. The zero-order chi connectivity index (χ0) is 28.8. The van der Waals surface area contributed by atoms with E-state index in [0.29, 0.717) is 19.4 Å². The molecule has 0 aromatic heterocycles. The minimum Gasteiger partial charge on any atom is -0.458 e. The van der Waals surface area contributed by atoms with Crippen LogP contribution in [0.1, 0.15) is 66.2 Å². The summed E-state index contributed by atoms with van der Waals surface area (Å²) in [6.07, 6.45) is 0.245. The lowest BCUT2D eigenvalue weighted by Crippen LogP contribution is -2.79. The first-order chi connectivity index (χ1) is 19.3. The van der Waals surface area contributed by atoms with E-state index in [1.807, 2.05) is 20.8 Å². The lowest BCUT2D eigenvalue weighted by atomic mass is 9.46. The molecular weight excluding hydrogens is 536 g/mol. The molecule has 6 aliphatic heterocycles. The van der Waals surface area contributed by atoms with Crippen LogP contribution in [-0.4, -0.2) is 88.3 Å². The zero-order valence-electron chi connectivity index (χ0n) is 23.7. The Morgan fingerprint density at radius 1 is 1.05 bits per heavy atom. The molecular formula is C30H36O11. The number of hydrogen-bond acceptors (Lipinski definition) is 11. The summed E-state index contributed by atoms with van der Waals surface area (Å²) in [5.41, 5.74) is -8.36. The number of esters is 2. The predicted octanol–water partition coefficient (Wildman–Crippen LogP) is 1.01. The van der Waals surface area contributed by atoms with Crippen LogP contribution in [0.25, 0.3) is 0 Å². The van der Waals surface area contributed by atoms with Crippen LogP contribution in [0.2, 0.25) is 0 Å². The molecule has 0 aromatic carbocycles. The molecule has 6 heterocycles. The number of fused-ring (bicyclic) bond motifs is 4. The molecule has 6 saturated heterocycles. The van der Waals surface area contributed by atoms with E-state index >= 15 is 4.79 Å². The lowest BCUT2D eigenvalue weighted by molar-refractivity contribution is -0.376. The molecule has 0 radical (unpaired) electrons. The van der Waals surface area contributed by atoms with Crippen LogP contribution in [0.4, 0.5) is 0 Å². The van der Waals surface area contributed by atoms with Crippen LogP contribution in [-0.2, 0) is 47.6 Å². The highest BCUT2D eigenvalue weighted by molar-refractivity contribution is 5.99. The maximum absolute atomic E-state index is 15.1. The number of ketones is 2. The number of rotatable bonds is 2. The second-order valence-corrected chi connectivity index (χ2v) is 14.8. The van der Waals surface area contributed by atoms with Crippen molar-refractivity contribution in [2.75, 3.05) is 13.2 Å². The standard InChI is InChI=1S/C30H36O11/c1-5-36-13-8-17(31)25(3)14-6-7-27(35)23(34)40-26(4)19-11-24(2)16(22(33)38-19)12-37-29(21(32)20(24)30(26,27)41-29)15(14)9-18-28(25,10-13)39-18/h13-16,18-20,35H,5-12H2,1-4H3/t13-,14+,15-,16+,18-,19-,20+,24-,25+,26+,27+,28-,29-,30+/m1/s1. The normalized spacial score (nSPS) is 62.5. The van der Waals surface area contributed by atoms with Gasteiger partial charge in [0.2, 0.25) is 5.79 Å². The number of hydrogen-bond donors (Lipinski definition) is 1. The van der Waals surface area contributed by atoms with Gasteiger partial charge in [-0.2, -0.15) is 0 Å². The Kier molecular flexibility index (Phi) is 4.31. The monoisotopic (exact) mass is 572 g/mol. The number of carbonyl (C=O) groups excluding carboxylic acids is 4. The summed E-state index contributed by atoms with van der Waals surface area (Å²) in [6.45, 7) is 7.68. The number of Topliss-reactive ketones (excluding diaryl/α,β-unsaturated/α-hetero) is 2. The van der Waals surface area contributed by atoms with Gasteiger partial charge < -0.3 is 33.5 Å². The van der Waals surface area contributed by atoms with Crippen LogP contribution >= 0.6 is 0 Å². The van der Waals surface area contributed by atoms with Crippen LogP contribution in [0.15, 0.2) is 0 Å². The van der Waals surface area contributed by atoms with Gasteiger partial charge in [-0.25, -0.2) is 4.79 Å². The number of carbonyl (C=O) groups is 4. The van der Waals surface area contributed by atoms with E-state index in [1.54, 1.807) is 6.92 Å². The van der Waals surface area contributed by atoms with Gasteiger partial charge in [0.25, 0.3) is 0 Å². The highest BCUT2D eigenvalue weighted by Gasteiger charge is 2.94. The Labute approximate surface area is 236 Å². The third kappa shape index (κ3) is 2.26. The first-order valence-electron chi connectivity index (χ1n) is 15.2. The van der Waals surface area contributed by atoms with Crippen LogP contribution in [0.3, 0.4) is 0 Å². The number of ether oxygens (including phenoxy) is 6. The van der Waals surface area contributed by atoms with Crippen molar-refractivity contribution in [1.29, 1.82) is 0 Å². The highest BCUT2D eigenvalue weighted by atomic mass is 16.8. The van der Waals surface area contributed by atoms with Gasteiger partial charge >= 0.3 is 11.9 Å². The lowest BCUT2D eigenvalue weighted by Gasteiger charge is -2.63. The van der Waals surface area contributed by atoms with Gasteiger partial charge in [0, 0.05) is 25.4 Å². The van der Waals surface area contributed by atoms with Gasteiger partial charge in [-0.05, 0) is 57.8 Å². The smallest absolute Gasteiger partial charge is 0.342 e. The van der Waals surface area contributed by atoms with E-state index in [2.05, 4.69) is 0 Å². The number of epoxide rings is 1. The molecule has 3 aliphatic carbocycles. The van der Waals surface area contributed by atoms with Crippen molar-refractivity contribution in [2.24, 2.45) is 34.5 Å². The Balaban J connectivity index is 1.27. The average Bonchev–Trinajstić information content (AvgIpc) is 3.49. The molecule has 222 valence electrons. The molecule has 9 rings (SSSR count). The minimum absolute atomic E-state index is 0.0131. The Morgan fingerprint density at radius 3 is 2.59 bits per heavy atom. The summed E-state index contributed by atoms with van der Waals surface area (Å²) < 4.78 is 37.7. The topological polar surface area (TPSA) is 147 Å². The molecule has 9 fully saturated rings. The van der Waals surface area contributed by atoms with Crippen molar-refractivity contribution < 1.29 is 52.7 Å². The summed E-state index contributed by atoms with van der Waals surface area (Å²) in [5, 5.41) is 12.5. The van der Waals surface area contributed by atoms with Crippen molar-refractivity contribution in [3.63, 3.8) is 0 Å². The van der Waals surface area contributed by atoms with Gasteiger partial charge in [-0.3, -0.25) is 14.4 Å². The third-order valence-corrected chi connectivity index (χ3v) is 13.6. The summed E-state index contributed by atoms with van der Waals surface area (Å²) in [5.74, 6) is -6.56. The van der Waals surface area contributed by atoms with E-state index < -0.39 is 80.7 Å². The second-order valence-electron chi connectivity index (χ2n) is 14.8. The van der Waals surface area contributed by atoms with Gasteiger partial charge in [-0.1, -0.05) is 6.92 Å².